The molecule has 0 unspecified atom stereocenters. The lowest BCUT2D eigenvalue weighted by Gasteiger charge is -2.07. The molecule has 0 radical (unpaired) electrons. The van der Waals surface area contributed by atoms with Crippen LogP contribution in [0.4, 0.5) is 0 Å². The van der Waals surface area contributed by atoms with Gasteiger partial charge in [0.1, 0.15) is 0 Å². The highest BCUT2D eigenvalue weighted by Gasteiger charge is 2.10. The molecule has 5 nitrogen and oxygen atoms in total. The Morgan fingerprint density at radius 2 is 1.93 bits per heavy atom. The van der Waals surface area contributed by atoms with Crippen LogP contribution in [-0.4, -0.2) is 34.5 Å². The lowest BCUT2D eigenvalue weighted by Crippen LogP contribution is -2.28. The highest BCUT2D eigenvalue weighted by molar-refractivity contribution is 7.89. The van der Waals surface area contributed by atoms with Gasteiger partial charge in [-0.25, -0.2) is 8.42 Å². The van der Waals surface area contributed by atoms with Gasteiger partial charge in [0.15, 0.2) is 0 Å². The van der Waals surface area contributed by atoms with Crippen LogP contribution in [0.2, 0.25) is 0 Å². The molecule has 0 aromatic rings. The number of sulfonamides is 1. The monoisotopic (exact) mass is 225 g/mol. The van der Waals surface area contributed by atoms with Crippen molar-refractivity contribution in [2.24, 2.45) is 5.92 Å². The topological polar surface area (TPSA) is 64.6 Å². The third kappa shape index (κ3) is 8.43. The normalized spacial score (nSPS) is 12.3. The lowest BCUT2D eigenvalue weighted by molar-refractivity contribution is 0.0438. The largest absolute Gasteiger partial charge is 0.382 e. The molecule has 0 aliphatic carbocycles. The molecule has 6 heteroatoms. The minimum Gasteiger partial charge on any atom is -0.382 e. The average molecular weight is 225 g/mol. The van der Waals surface area contributed by atoms with E-state index in [0.29, 0.717) is 18.9 Å². The van der Waals surface area contributed by atoms with Crippen molar-refractivity contribution in [3.05, 3.63) is 0 Å². The second-order valence-electron chi connectivity index (χ2n) is 3.43. The molecule has 0 aliphatic rings. The maximum absolute atomic E-state index is 11.2. The Labute approximate surface area is 85.8 Å². The zero-order valence-corrected chi connectivity index (χ0v) is 9.76. The van der Waals surface area contributed by atoms with Gasteiger partial charge in [-0.3, -0.25) is 4.84 Å². The third-order valence-corrected chi connectivity index (χ3v) is 2.68. The standard InChI is InChI=1S/C8H19NO4S/c1-8(2)4-7-14(10,11)9-13-6-5-12-3/h8-9H,4-7H2,1-3H3. The highest BCUT2D eigenvalue weighted by atomic mass is 32.2. The van der Waals surface area contributed by atoms with Gasteiger partial charge in [-0.1, -0.05) is 18.7 Å². The second-order valence-corrected chi connectivity index (χ2v) is 5.23. The van der Waals surface area contributed by atoms with Gasteiger partial charge in [-0.05, 0) is 12.3 Å². The van der Waals surface area contributed by atoms with Crippen molar-refractivity contribution in [2.45, 2.75) is 20.3 Å². The molecule has 0 saturated carbocycles. The van der Waals surface area contributed by atoms with E-state index in [0.717, 1.165) is 0 Å². The van der Waals surface area contributed by atoms with Gasteiger partial charge >= 0.3 is 0 Å². The van der Waals surface area contributed by atoms with Gasteiger partial charge in [0.25, 0.3) is 0 Å². The first-order valence-electron chi connectivity index (χ1n) is 4.58. The Morgan fingerprint density at radius 3 is 2.43 bits per heavy atom. The first-order valence-corrected chi connectivity index (χ1v) is 6.23. The van der Waals surface area contributed by atoms with E-state index < -0.39 is 10.0 Å². The summed E-state index contributed by atoms with van der Waals surface area (Å²) >= 11 is 0. The minimum atomic E-state index is -3.28. The number of hydrogen-bond donors (Lipinski definition) is 1. The van der Waals surface area contributed by atoms with E-state index in [9.17, 15) is 8.42 Å². The molecule has 1 N–H and O–H groups in total. The zero-order valence-electron chi connectivity index (χ0n) is 8.95. The summed E-state index contributed by atoms with van der Waals surface area (Å²) in [7, 11) is -1.76. The van der Waals surface area contributed by atoms with E-state index in [1.807, 2.05) is 18.7 Å². The van der Waals surface area contributed by atoms with Gasteiger partial charge in [-0.15, -0.1) is 0 Å². The zero-order chi connectivity index (χ0) is 11.0. The van der Waals surface area contributed by atoms with Gasteiger partial charge in [0, 0.05) is 7.11 Å². The summed E-state index contributed by atoms with van der Waals surface area (Å²) in [6.45, 7) is 4.53. The van der Waals surface area contributed by atoms with Crippen molar-refractivity contribution in [3.8, 4) is 0 Å². The Kier molecular flexibility index (Phi) is 7.08. The Morgan fingerprint density at radius 1 is 1.29 bits per heavy atom. The summed E-state index contributed by atoms with van der Waals surface area (Å²) < 4.78 is 27.1. The van der Waals surface area contributed by atoms with Gasteiger partial charge in [0.2, 0.25) is 10.0 Å². The summed E-state index contributed by atoms with van der Waals surface area (Å²) in [6.07, 6.45) is 0.628. The summed E-state index contributed by atoms with van der Waals surface area (Å²) in [5, 5.41) is 0. The molecular formula is C8H19NO4S. The van der Waals surface area contributed by atoms with E-state index in [4.69, 9.17) is 9.57 Å². The maximum atomic E-state index is 11.2. The number of hydrogen-bond acceptors (Lipinski definition) is 4. The fourth-order valence-corrected chi connectivity index (χ4v) is 1.82. The van der Waals surface area contributed by atoms with Crippen LogP contribution in [-0.2, 0) is 19.6 Å². The first-order chi connectivity index (χ1) is 6.48. The van der Waals surface area contributed by atoms with Crippen LogP contribution in [0.15, 0.2) is 0 Å². The molecule has 14 heavy (non-hydrogen) atoms. The Bertz CT molecular complexity index is 225. The van der Waals surface area contributed by atoms with Crippen LogP contribution in [0.5, 0.6) is 0 Å². The number of ether oxygens (including phenoxy) is 1. The predicted octanol–water partition coefficient (Wildman–Crippen LogP) is 0.530. The molecule has 0 fully saturated rings. The molecule has 0 atom stereocenters. The molecule has 0 rings (SSSR count). The smallest absolute Gasteiger partial charge is 0.233 e. The van der Waals surface area contributed by atoms with Crippen molar-refractivity contribution in [2.75, 3.05) is 26.1 Å². The summed E-state index contributed by atoms with van der Waals surface area (Å²) in [4.78, 5) is 6.75. The SMILES string of the molecule is COCCONS(=O)(=O)CCC(C)C. The van der Waals surface area contributed by atoms with Crippen molar-refractivity contribution in [1.29, 1.82) is 0 Å². The van der Waals surface area contributed by atoms with Crippen LogP contribution >= 0.6 is 0 Å². The third-order valence-electron chi connectivity index (χ3n) is 1.54. The minimum absolute atomic E-state index is 0.0949. The molecule has 0 saturated heterocycles. The molecular weight excluding hydrogens is 206 g/mol. The molecule has 86 valence electrons. The second kappa shape index (κ2) is 7.17. The van der Waals surface area contributed by atoms with Crippen LogP contribution in [0.3, 0.4) is 0 Å². The summed E-state index contributed by atoms with van der Waals surface area (Å²) in [6, 6.07) is 0. The van der Waals surface area contributed by atoms with E-state index in [1.54, 1.807) is 0 Å². The Hall–Kier alpha value is -0.170. The predicted molar refractivity (Wildman–Crippen MR) is 54.2 cm³/mol. The quantitative estimate of drug-likeness (QED) is 0.483. The van der Waals surface area contributed by atoms with E-state index in [-0.39, 0.29) is 12.4 Å². The van der Waals surface area contributed by atoms with Gasteiger partial charge < -0.3 is 4.74 Å². The van der Waals surface area contributed by atoms with Crippen LogP contribution in [0.1, 0.15) is 20.3 Å². The molecule has 0 aromatic carbocycles. The molecule has 0 aliphatic heterocycles. The maximum Gasteiger partial charge on any atom is 0.233 e. The molecule has 0 aromatic heterocycles. The van der Waals surface area contributed by atoms with Crippen molar-refractivity contribution in [1.82, 2.24) is 4.89 Å². The molecule has 0 heterocycles. The Balaban J connectivity index is 3.62. The van der Waals surface area contributed by atoms with Gasteiger partial charge in [0.05, 0.1) is 19.0 Å². The van der Waals surface area contributed by atoms with E-state index in [1.165, 1.54) is 7.11 Å². The average Bonchev–Trinajstić information content (AvgIpc) is 2.10. The highest BCUT2D eigenvalue weighted by Crippen LogP contribution is 2.01. The number of nitrogens with one attached hydrogen (secondary N) is 1. The molecule has 0 spiro atoms. The van der Waals surface area contributed by atoms with Crippen LogP contribution in [0, 0.1) is 5.92 Å². The fraction of sp³-hybridized carbons (Fsp3) is 1.00. The van der Waals surface area contributed by atoms with Crippen molar-refractivity contribution >= 4 is 10.0 Å². The molecule has 0 bridgehead atoms. The fourth-order valence-electron chi connectivity index (χ4n) is 0.689. The molecule has 0 amide bonds. The summed E-state index contributed by atoms with van der Waals surface area (Å²) in [5.41, 5.74) is 0. The number of methoxy groups -OCH3 is 1. The first kappa shape index (κ1) is 13.8. The summed E-state index contributed by atoms with van der Waals surface area (Å²) in [5.74, 6) is 0.461. The van der Waals surface area contributed by atoms with Crippen LogP contribution < -0.4 is 4.89 Å². The van der Waals surface area contributed by atoms with Crippen molar-refractivity contribution < 1.29 is 18.0 Å². The van der Waals surface area contributed by atoms with Crippen molar-refractivity contribution in [3.63, 3.8) is 0 Å². The van der Waals surface area contributed by atoms with Gasteiger partial charge in [-0.2, -0.15) is 0 Å². The van der Waals surface area contributed by atoms with E-state index >= 15 is 0 Å². The van der Waals surface area contributed by atoms with E-state index in [2.05, 4.69) is 0 Å². The lowest BCUT2D eigenvalue weighted by atomic mass is 10.2. The number of rotatable bonds is 8. The van der Waals surface area contributed by atoms with Crippen LogP contribution in [0.25, 0.3) is 0 Å².